The Morgan fingerprint density at radius 1 is 1.50 bits per heavy atom. The molecule has 68 valence electrons. The molecule has 0 aliphatic heterocycles. The highest BCUT2D eigenvalue weighted by atomic mass is 35.5. The van der Waals surface area contributed by atoms with E-state index >= 15 is 0 Å². The van der Waals surface area contributed by atoms with Crippen LogP contribution in [0.4, 0.5) is 13.2 Å². The fraction of sp³-hybridized carbons (Fsp3) is 0.500. The molecule has 0 N–H and O–H groups in total. The normalized spacial score (nSPS) is 24.9. The van der Waals surface area contributed by atoms with Crippen LogP contribution in [0.3, 0.4) is 0 Å². The Kier molecular flexibility index (Phi) is 2.52. The van der Waals surface area contributed by atoms with Gasteiger partial charge in [-0.15, -0.1) is 0 Å². The number of halogens is 4. The van der Waals surface area contributed by atoms with Gasteiger partial charge in [0.25, 0.3) is 0 Å². The summed E-state index contributed by atoms with van der Waals surface area (Å²) in [4.78, 5) is 0. The number of allylic oxidation sites excluding steroid dienone is 4. The largest absolute Gasteiger partial charge is 0.414 e. The van der Waals surface area contributed by atoms with Crippen molar-refractivity contribution in [1.82, 2.24) is 0 Å². The highest BCUT2D eigenvalue weighted by molar-refractivity contribution is 6.31. The first kappa shape index (κ1) is 9.65. The monoisotopic (exact) mass is 196 g/mol. The number of alkyl halides is 3. The van der Waals surface area contributed by atoms with Gasteiger partial charge in [0, 0.05) is 5.03 Å². The molecule has 0 spiro atoms. The summed E-state index contributed by atoms with van der Waals surface area (Å²) in [6, 6.07) is 0. The highest BCUT2D eigenvalue weighted by Gasteiger charge is 2.36. The molecule has 12 heavy (non-hydrogen) atoms. The summed E-state index contributed by atoms with van der Waals surface area (Å²) >= 11 is 5.41. The zero-order valence-corrected chi connectivity index (χ0v) is 7.21. The second-order valence-corrected chi connectivity index (χ2v) is 3.27. The molecule has 1 rings (SSSR count). The molecule has 4 heteroatoms. The molecule has 0 aromatic heterocycles. The molecule has 0 radical (unpaired) electrons. The minimum atomic E-state index is -4.28. The third kappa shape index (κ3) is 2.03. The summed E-state index contributed by atoms with van der Waals surface area (Å²) in [6.07, 6.45) is -1.30. The van der Waals surface area contributed by atoms with Crippen molar-refractivity contribution in [2.45, 2.75) is 19.5 Å². The van der Waals surface area contributed by atoms with Crippen LogP contribution in [-0.2, 0) is 0 Å². The molecule has 0 nitrogen and oxygen atoms in total. The third-order valence-corrected chi connectivity index (χ3v) is 2.08. The maximum Gasteiger partial charge on any atom is 0.414 e. The maximum absolute atomic E-state index is 12.2. The lowest BCUT2D eigenvalue weighted by molar-refractivity contribution is -0.0952. The van der Waals surface area contributed by atoms with Crippen molar-refractivity contribution in [3.8, 4) is 0 Å². The molecule has 0 saturated carbocycles. The summed E-state index contributed by atoms with van der Waals surface area (Å²) in [7, 11) is 0. The summed E-state index contributed by atoms with van der Waals surface area (Å²) in [5.41, 5.74) is -0.612. The molecule has 0 fully saturated rings. The Balaban J connectivity index is 2.94. The first-order valence-corrected chi connectivity index (χ1v) is 3.93. The van der Waals surface area contributed by atoms with E-state index in [1.807, 2.05) is 0 Å². The molecular weight excluding hydrogens is 189 g/mol. The molecule has 1 unspecified atom stereocenters. The smallest absolute Gasteiger partial charge is 0.166 e. The van der Waals surface area contributed by atoms with Crippen LogP contribution in [-0.4, -0.2) is 6.18 Å². The van der Waals surface area contributed by atoms with Crippen LogP contribution >= 0.6 is 11.6 Å². The van der Waals surface area contributed by atoms with Crippen LogP contribution in [0.2, 0.25) is 0 Å². The molecule has 0 aromatic rings. The Labute approximate surface area is 73.7 Å². The van der Waals surface area contributed by atoms with Crippen molar-refractivity contribution in [1.29, 1.82) is 0 Å². The first-order valence-electron chi connectivity index (χ1n) is 3.55. The van der Waals surface area contributed by atoms with Crippen LogP contribution < -0.4 is 0 Å². The van der Waals surface area contributed by atoms with Crippen LogP contribution in [0, 0.1) is 5.92 Å². The minimum absolute atomic E-state index is 0.0150. The predicted molar refractivity (Wildman–Crippen MR) is 41.9 cm³/mol. The highest BCUT2D eigenvalue weighted by Crippen LogP contribution is 2.37. The van der Waals surface area contributed by atoms with E-state index in [9.17, 15) is 13.2 Å². The van der Waals surface area contributed by atoms with Gasteiger partial charge in [-0.05, 0) is 18.4 Å². The molecule has 1 atom stereocenters. The average Bonchev–Trinajstić information content (AvgIpc) is 1.92. The summed E-state index contributed by atoms with van der Waals surface area (Å²) in [6.45, 7) is 1.73. The third-order valence-electron chi connectivity index (χ3n) is 1.73. The number of hydrogen-bond donors (Lipinski definition) is 0. The van der Waals surface area contributed by atoms with E-state index in [4.69, 9.17) is 11.6 Å². The molecule has 0 aromatic carbocycles. The van der Waals surface area contributed by atoms with Crippen LogP contribution in [0.15, 0.2) is 22.8 Å². The fourth-order valence-corrected chi connectivity index (χ4v) is 1.35. The van der Waals surface area contributed by atoms with Gasteiger partial charge in [-0.25, -0.2) is 0 Å². The van der Waals surface area contributed by atoms with E-state index in [0.717, 1.165) is 0 Å². The van der Waals surface area contributed by atoms with Crippen molar-refractivity contribution in [2.75, 3.05) is 0 Å². The van der Waals surface area contributed by atoms with Crippen molar-refractivity contribution in [2.24, 2.45) is 5.92 Å². The Bertz CT molecular complexity index is 237. The van der Waals surface area contributed by atoms with E-state index in [1.54, 1.807) is 13.0 Å². The fourth-order valence-electron chi connectivity index (χ4n) is 1.09. The van der Waals surface area contributed by atoms with Crippen molar-refractivity contribution < 1.29 is 13.2 Å². The zero-order valence-electron chi connectivity index (χ0n) is 6.45. The molecule has 0 amide bonds. The Hall–Kier alpha value is -0.440. The molecule has 0 bridgehead atoms. The lowest BCUT2D eigenvalue weighted by Gasteiger charge is -2.18. The van der Waals surface area contributed by atoms with Gasteiger partial charge in [-0.1, -0.05) is 24.6 Å². The van der Waals surface area contributed by atoms with Gasteiger partial charge < -0.3 is 0 Å². The molecule has 0 saturated heterocycles. The zero-order chi connectivity index (χ0) is 9.35. The predicted octanol–water partition coefficient (Wildman–Crippen LogP) is 3.64. The van der Waals surface area contributed by atoms with Crippen molar-refractivity contribution in [3.63, 3.8) is 0 Å². The summed E-state index contributed by atoms with van der Waals surface area (Å²) in [5, 5.41) is -0.180. The van der Waals surface area contributed by atoms with Gasteiger partial charge in [0.1, 0.15) is 0 Å². The quantitative estimate of drug-likeness (QED) is 0.555. The van der Waals surface area contributed by atoms with Gasteiger partial charge in [0.05, 0.1) is 5.57 Å². The Morgan fingerprint density at radius 2 is 2.08 bits per heavy atom. The van der Waals surface area contributed by atoms with Crippen LogP contribution in [0.5, 0.6) is 0 Å². The maximum atomic E-state index is 12.2. The Morgan fingerprint density at radius 3 is 2.50 bits per heavy atom. The van der Waals surface area contributed by atoms with Crippen LogP contribution in [0.25, 0.3) is 0 Å². The second kappa shape index (κ2) is 3.13. The topological polar surface area (TPSA) is 0 Å². The van der Waals surface area contributed by atoms with Crippen LogP contribution in [0.1, 0.15) is 13.3 Å². The van der Waals surface area contributed by atoms with Crippen molar-refractivity contribution in [3.05, 3.63) is 22.8 Å². The number of hydrogen-bond acceptors (Lipinski definition) is 0. The average molecular weight is 197 g/mol. The van der Waals surface area contributed by atoms with E-state index in [-0.39, 0.29) is 17.4 Å². The SMILES string of the molecule is CC1C=CC(Cl)=C(C(F)(F)F)C1. The van der Waals surface area contributed by atoms with Gasteiger partial charge in [-0.3, -0.25) is 0 Å². The minimum Gasteiger partial charge on any atom is -0.166 e. The van der Waals surface area contributed by atoms with Crippen molar-refractivity contribution >= 4 is 11.6 Å². The first-order chi connectivity index (χ1) is 5.41. The van der Waals surface area contributed by atoms with Gasteiger partial charge in [0.2, 0.25) is 0 Å². The summed E-state index contributed by atoms with van der Waals surface area (Å²) in [5.74, 6) is -0.0795. The second-order valence-electron chi connectivity index (χ2n) is 2.86. The van der Waals surface area contributed by atoms with E-state index < -0.39 is 11.7 Å². The lowest BCUT2D eigenvalue weighted by Crippen LogP contribution is -2.17. The van der Waals surface area contributed by atoms with E-state index in [2.05, 4.69) is 0 Å². The number of rotatable bonds is 0. The molecular formula is C8H8ClF3. The lowest BCUT2D eigenvalue weighted by atomic mass is 9.95. The summed E-state index contributed by atoms with van der Waals surface area (Å²) < 4.78 is 36.6. The molecule has 1 aliphatic rings. The van der Waals surface area contributed by atoms with Gasteiger partial charge in [0.15, 0.2) is 0 Å². The molecule has 0 heterocycles. The van der Waals surface area contributed by atoms with E-state index in [1.165, 1.54) is 6.08 Å². The van der Waals surface area contributed by atoms with Gasteiger partial charge >= 0.3 is 6.18 Å². The van der Waals surface area contributed by atoms with Gasteiger partial charge in [-0.2, -0.15) is 13.2 Å². The van der Waals surface area contributed by atoms with E-state index in [0.29, 0.717) is 0 Å². The molecule has 1 aliphatic carbocycles. The standard InChI is InChI=1S/C8H8ClF3/c1-5-2-3-7(9)6(4-5)8(10,11)12/h2-3,5H,4H2,1H3.